The van der Waals surface area contributed by atoms with E-state index in [1.807, 2.05) is 0 Å². The summed E-state index contributed by atoms with van der Waals surface area (Å²) in [5, 5.41) is 0. The molecule has 0 aromatic heterocycles. The van der Waals surface area contributed by atoms with Crippen LogP contribution in [0.1, 0.15) is 23.1 Å². The summed E-state index contributed by atoms with van der Waals surface area (Å²) < 4.78 is 81.2. The predicted octanol–water partition coefficient (Wildman–Crippen LogP) is 6.11. The van der Waals surface area contributed by atoms with Gasteiger partial charge in [0.15, 0.2) is 0 Å². The molecular weight excluding hydrogens is 511 g/mol. The number of ether oxygens (including phenoxy) is 3. The number of halogens is 5. The Balaban J connectivity index is 1.46. The third-order valence-electron chi connectivity index (χ3n) is 5.14. The van der Waals surface area contributed by atoms with Crippen LogP contribution in [0.5, 0.6) is 11.5 Å². The lowest BCUT2D eigenvalue weighted by molar-refractivity contribution is -0.185. The van der Waals surface area contributed by atoms with Crippen molar-refractivity contribution < 1.29 is 41.0 Å². The van der Waals surface area contributed by atoms with E-state index in [1.54, 1.807) is 18.2 Å². The third-order valence-corrected chi connectivity index (χ3v) is 5.14. The summed E-state index contributed by atoms with van der Waals surface area (Å²) in [4.78, 5) is 11.9. The van der Waals surface area contributed by atoms with Crippen LogP contribution in [0.4, 0.5) is 33.3 Å². The Morgan fingerprint density at radius 2 is 1.55 bits per heavy atom. The van der Waals surface area contributed by atoms with Gasteiger partial charge in [-0.05, 0) is 66.1 Å². The van der Waals surface area contributed by atoms with Crippen LogP contribution in [0.2, 0.25) is 0 Å². The number of carbonyl (C=O) groups excluding carboxylic acids is 1. The molecule has 3 rings (SSSR count). The standard InChI is InChI=1S/C27H25F5N2O4/c28-26(29,30)14-13-19-1-6-20(7-2-19)27(31,32)38-22-9-3-18(4-10-22)5-12-25(35)37-16-15-36-24-11-8-21(33)17-23(24)34/h1-12,17H,13-16,33-34H2/b12-5+. The minimum atomic E-state index is -4.32. The van der Waals surface area contributed by atoms with Crippen LogP contribution in [0.3, 0.4) is 0 Å². The highest BCUT2D eigenvalue weighted by Gasteiger charge is 2.34. The first-order chi connectivity index (χ1) is 17.9. The number of esters is 1. The first-order valence-corrected chi connectivity index (χ1v) is 11.4. The van der Waals surface area contributed by atoms with Crippen LogP contribution in [-0.4, -0.2) is 25.4 Å². The summed E-state index contributed by atoms with van der Waals surface area (Å²) in [6, 6.07) is 14.8. The zero-order valence-electron chi connectivity index (χ0n) is 20.0. The van der Waals surface area contributed by atoms with Gasteiger partial charge in [-0.25, -0.2) is 4.79 Å². The molecule has 0 atom stereocenters. The number of carbonyl (C=O) groups is 1. The molecule has 0 saturated carbocycles. The number of hydrogen-bond acceptors (Lipinski definition) is 6. The van der Waals surface area contributed by atoms with Gasteiger partial charge >= 0.3 is 18.3 Å². The molecule has 3 aromatic rings. The second-order valence-electron chi connectivity index (χ2n) is 8.15. The van der Waals surface area contributed by atoms with Crippen molar-refractivity contribution in [3.63, 3.8) is 0 Å². The molecule has 202 valence electrons. The summed E-state index contributed by atoms with van der Waals surface area (Å²) in [5.41, 5.74) is 12.5. The van der Waals surface area contributed by atoms with Gasteiger partial charge in [0.25, 0.3) is 0 Å². The molecule has 11 heteroatoms. The Morgan fingerprint density at radius 3 is 2.18 bits per heavy atom. The van der Waals surface area contributed by atoms with E-state index in [9.17, 15) is 26.7 Å². The topological polar surface area (TPSA) is 96.8 Å². The maximum absolute atomic E-state index is 14.5. The van der Waals surface area contributed by atoms with Gasteiger partial charge < -0.3 is 25.7 Å². The number of nitrogen functional groups attached to an aromatic ring is 2. The molecule has 0 bridgehead atoms. The highest BCUT2D eigenvalue weighted by molar-refractivity contribution is 5.87. The average Bonchev–Trinajstić information content (AvgIpc) is 2.85. The molecule has 0 amide bonds. The zero-order valence-corrected chi connectivity index (χ0v) is 20.0. The van der Waals surface area contributed by atoms with E-state index in [2.05, 4.69) is 0 Å². The highest BCUT2D eigenvalue weighted by atomic mass is 19.4. The third kappa shape index (κ3) is 8.99. The lowest BCUT2D eigenvalue weighted by atomic mass is 10.1. The lowest BCUT2D eigenvalue weighted by Crippen LogP contribution is -2.21. The Hall–Kier alpha value is -4.28. The first kappa shape index (κ1) is 28.3. The van der Waals surface area contributed by atoms with Crippen molar-refractivity contribution in [2.24, 2.45) is 0 Å². The van der Waals surface area contributed by atoms with E-state index in [1.165, 1.54) is 48.6 Å². The van der Waals surface area contributed by atoms with Crippen LogP contribution >= 0.6 is 0 Å². The Labute approximate surface area is 215 Å². The Morgan fingerprint density at radius 1 is 0.868 bits per heavy atom. The second kappa shape index (κ2) is 12.3. The van der Waals surface area contributed by atoms with Crippen molar-refractivity contribution in [2.75, 3.05) is 24.7 Å². The van der Waals surface area contributed by atoms with Crippen molar-refractivity contribution >= 4 is 23.4 Å². The van der Waals surface area contributed by atoms with E-state index in [4.69, 9.17) is 25.7 Å². The molecule has 6 nitrogen and oxygen atoms in total. The summed E-state index contributed by atoms with van der Waals surface area (Å²) in [5.74, 6) is -0.365. The van der Waals surface area contributed by atoms with Crippen molar-refractivity contribution in [3.8, 4) is 11.5 Å². The molecule has 0 aliphatic heterocycles. The van der Waals surface area contributed by atoms with E-state index in [-0.39, 0.29) is 30.9 Å². The number of alkyl halides is 5. The average molecular weight is 536 g/mol. The molecule has 0 unspecified atom stereocenters. The SMILES string of the molecule is Nc1ccc(OCCOC(=O)/C=C/c2ccc(OC(F)(F)c3ccc(CCC(F)(F)F)cc3)cc2)c(N)c1. The smallest absolute Gasteiger partial charge is 0.426 e. The van der Waals surface area contributed by atoms with Crippen molar-refractivity contribution in [3.05, 3.63) is 89.5 Å². The Kier molecular flexibility index (Phi) is 9.16. The molecule has 4 N–H and O–H groups in total. The van der Waals surface area contributed by atoms with Gasteiger partial charge in [0.1, 0.15) is 24.7 Å². The largest absolute Gasteiger partial charge is 0.488 e. The number of aryl methyl sites for hydroxylation is 1. The van der Waals surface area contributed by atoms with Gasteiger partial charge in [-0.2, -0.15) is 22.0 Å². The maximum atomic E-state index is 14.5. The molecule has 0 saturated heterocycles. The molecule has 0 radical (unpaired) electrons. The van der Waals surface area contributed by atoms with Gasteiger partial charge in [-0.15, -0.1) is 0 Å². The maximum Gasteiger partial charge on any atom is 0.426 e. The molecule has 0 heterocycles. The number of hydrogen-bond donors (Lipinski definition) is 2. The second-order valence-corrected chi connectivity index (χ2v) is 8.15. The molecule has 0 aliphatic rings. The Bertz CT molecular complexity index is 1240. The summed E-state index contributed by atoms with van der Waals surface area (Å²) in [7, 11) is 0. The lowest BCUT2D eigenvalue weighted by Gasteiger charge is -2.18. The number of anilines is 2. The van der Waals surface area contributed by atoms with E-state index in [0.29, 0.717) is 22.7 Å². The fourth-order valence-electron chi connectivity index (χ4n) is 3.21. The molecule has 3 aromatic carbocycles. The monoisotopic (exact) mass is 536 g/mol. The van der Waals surface area contributed by atoms with Crippen LogP contribution in [-0.2, 0) is 22.1 Å². The van der Waals surface area contributed by atoms with Crippen molar-refractivity contribution in [1.82, 2.24) is 0 Å². The van der Waals surface area contributed by atoms with Gasteiger partial charge in [-0.3, -0.25) is 0 Å². The summed E-state index contributed by atoms with van der Waals surface area (Å²) in [6.07, 6.45) is -6.76. The molecule has 0 spiro atoms. The van der Waals surface area contributed by atoms with Crippen LogP contribution in [0, 0.1) is 0 Å². The van der Waals surface area contributed by atoms with E-state index >= 15 is 0 Å². The van der Waals surface area contributed by atoms with Gasteiger partial charge in [0, 0.05) is 18.2 Å². The molecule has 0 aliphatic carbocycles. The number of benzene rings is 3. The van der Waals surface area contributed by atoms with Gasteiger partial charge in [0.2, 0.25) is 0 Å². The molecule has 38 heavy (non-hydrogen) atoms. The van der Waals surface area contributed by atoms with Crippen LogP contribution in [0.15, 0.2) is 72.8 Å². The quantitative estimate of drug-likeness (QED) is 0.101. The van der Waals surface area contributed by atoms with Gasteiger partial charge in [-0.1, -0.05) is 24.3 Å². The van der Waals surface area contributed by atoms with E-state index in [0.717, 1.165) is 12.1 Å². The zero-order chi connectivity index (χ0) is 27.8. The van der Waals surface area contributed by atoms with Crippen LogP contribution < -0.4 is 20.9 Å². The van der Waals surface area contributed by atoms with Crippen molar-refractivity contribution in [1.29, 1.82) is 0 Å². The van der Waals surface area contributed by atoms with Crippen molar-refractivity contribution in [2.45, 2.75) is 25.1 Å². The minimum absolute atomic E-state index is 0.0296. The molecular formula is C27H25F5N2O4. The summed E-state index contributed by atoms with van der Waals surface area (Å²) in [6.45, 7) is 0.0440. The number of nitrogens with two attached hydrogens (primary N) is 2. The van der Waals surface area contributed by atoms with Crippen LogP contribution in [0.25, 0.3) is 6.08 Å². The molecule has 0 fully saturated rings. The normalized spacial score (nSPS) is 11.9. The fourth-order valence-corrected chi connectivity index (χ4v) is 3.21. The minimum Gasteiger partial charge on any atom is -0.488 e. The first-order valence-electron chi connectivity index (χ1n) is 11.4. The van der Waals surface area contributed by atoms with Gasteiger partial charge in [0.05, 0.1) is 11.3 Å². The summed E-state index contributed by atoms with van der Waals surface area (Å²) >= 11 is 0. The fraction of sp³-hybridized carbons (Fsp3) is 0.222. The predicted molar refractivity (Wildman–Crippen MR) is 133 cm³/mol. The van der Waals surface area contributed by atoms with E-state index < -0.39 is 30.2 Å². The number of rotatable bonds is 11. The highest BCUT2D eigenvalue weighted by Crippen LogP contribution is 2.32.